The molecule has 1 N–H and O–H groups in total. The highest BCUT2D eigenvalue weighted by Gasteiger charge is 2.30. The highest BCUT2D eigenvalue weighted by atomic mass is 32.2. The van der Waals surface area contributed by atoms with Gasteiger partial charge in [0, 0.05) is 25.0 Å². The molecule has 0 spiro atoms. The summed E-state index contributed by atoms with van der Waals surface area (Å²) in [7, 11) is -3.13. The van der Waals surface area contributed by atoms with Crippen LogP contribution in [0.2, 0.25) is 0 Å². The quantitative estimate of drug-likeness (QED) is 0.818. The normalized spacial score (nSPS) is 18.2. The van der Waals surface area contributed by atoms with E-state index in [2.05, 4.69) is 17.4 Å². The molecule has 1 amide bonds. The van der Waals surface area contributed by atoms with E-state index in [0.717, 1.165) is 12.8 Å². The van der Waals surface area contributed by atoms with Crippen LogP contribution in [0.25, 0.3) is 0 Å². The third-order valence-electron chi connectivity index (χ3n) is 4.68. The minimum Gasteiger partial charge on any atom is -0.353 e. The molecule has 1 saturated heterocycles. The topological polar surface area (TPSA) is 66.5 Å². The van der Waals surface area contributed by atoms with Gasteiger partial charge in [0.2, 0.25) is 15.9 Å². The SMILES string of the molecule is CCS(=O)(=O)N1CCC(C(=O)NC(C)CCc2ccccc2)CC1. The molecule has 1 aliphatic rings. The first-order valence-electron chi connectivity index (χ1n) is 8.74. The van der Waals surface area contributed by atoms with E-state index in [0.29, 0.717) is 25.9 Å². The van der Waals surface area contributed by atoms with Crippen LogP contribution < -0.4 is 5.32 Å². The fraction of sp³-hybridized carbons (Fsp3) is 0.611. The van der Waals surface area contributed by atoms with Gasteiger partial charge in [0.05, 0.1) is 5.75 Å². The molecule has 24 heavy (non-hydrogen) atoms. The van der Waals surface area contributed by atoms with E-state index < -0.39 is 10.0 Å². The molecule has 1 aromatic rings. The smallest absolute Gasteiger partial charge is 0.223 e. The summed E-state index contributed by atoms with van der Waals surface area (Å²) in [6, 6.07) is 10.4. The molecule has 1 heterocycles. The summed E-state index contributed by atoms with van der Waals surface area (Å²) in [6.07, 6.45) is 3.06. The van der Waals surface area contributed by atoms with Crippen LogP contribution in [0.15, 0.2) is 30.3 Å². The summed E-state index contributed by atoms with van der Waals surface area (Å²) in [5.74, 6) is 0.108. The molecule has 2 rings (SSSR count). The number of hydrogen-bond donors (Lipinski definition) is 1. The largest absolute Gasteiger partial charge is 0.353 e. The molecule has 0 radical (unpaired) electrons. The van der Waals surface area contributed by atoms with Crippen molar-refractivity contribution in [1.29, 1.82) is 0 Å². The Morgan fingerprint density at radius 3 is 2.46 bits per heavy atom. The lowest BCUT2D eigenvalue weighted by Gasteiger charge is -2.30. The molecular formula is C18H28N2O3S. The molecule has 1 aromatic carbocycles. The van der Waals surface area contributed by atoms with Gasteiger partial charge in [0.15, 0.2) is 0 Å². The van der Waals surface area contributed by atoms with Crippen molar-refractivity contribution in [2.75, 3.05) is 18.8 Å². The van der Waals surface area contributed by atoms with Gasteiger partial charge in [-0.3, -0.25) is 4.79 Å². The zero-order valence-corrected chi connectivity index (χ0v) is 15.4. The molecule has 0 saturated carbocycles. The van der Waals surface area contributed by atoms with Crippen molar-refractivity contribution in [2.45, 2.75) is 45.6 Å². The van der Waals surface area contributed by atoms with Crippen molar-refractivity contribution in [3.05, 3.63) is 35.9 Å². The summed E-state index contributed by atoms with van der Waals surface area (Å²) >= 11 is 0. The second-order valence-electron chi connectivity index (χ2n) is 6.51. The fourth-order valence-corrected chi connectivity index (χ4v) is 4.17. The van der Waals surface area contributed by atoms with Crippen molar-refractivity contribution in [3.63, 3.8) is 0 Å². The van der Waals surface area contributed by atoms with Crippen molar-refractivity contribution < 1.29 is 13.2 Å². The molecule has 1 fully saturated rings. The summed E-state index contributed by atoms with van der Waals surface area (Å²) < 4.78 is 25.2. The number of piperidine rings is 1. The summed E-state index contributed by atoms with van der Waals surface area (Å²) in [4.78, 5) is 12.4. The first-order valence-corrected chi connectivity index (χ1v) is 10.4. The minimum absolute atomic E-state index is 0.0594. The number of carbonyl (C=O) groups is 1. The molecular weight excluding hydrogens is 324 g/mol. The van der Waals surface area contributed by atoms with Crippen LogP contribution in [0.1, 0.15) is 38.7 Å². The number of amides is 1. The lowest BCUT2D eigenvalue weighted by molar-refractivity contribution is -0.126. The predicted molar refractivity (Wildman–Crippen MR) is 96.1 cm³/mol. The Bertz CT molecular complexity index is 623. The van der Waals surface area contributed by atoms with Gasteiger partial charge in [-0.2, -0.15) is 0 Å². The standard InChI is InChI=1S/C18H28N2O3S/c1-3-24(22,23)20-13-11-17(12-14-20)18(21)19-15(2)9-10-16-7-5-4-6-8-16/h4-8,15,17H,3,9-14H2,1-2H3,(H,19,21). The number of carbonyl (C=O) groups excluding carboxylic acids is 1. The van der Waals surface area contributed by atoms with E-state index in [-0.39, 0.29) is 23.6 Å². The Morgan fingerprint density at radius 1 is 1.25 bits per heavy atom. The number of nitrogens with zero attached hydrogens (tertiary/aromatic N) is 1. The summed E-state index contributed by atoms with van der Waals surface area (Å²) in [5.41, 5.74) is 1.27. The molecule has 1 unspecified atom stereocenters. The van der Waals surface area contributed by atoms with Gasteiger partial charge in [0.1, 0.15) is 0 Å². The van der Waals surface area contributed by atoms with Gasteiger partial charge in [-0.1, -0.05) is 30.3 Å². The zero-order valence-electron chi connectivity index (χ0n) is 14.6. The molecule has 0 aromatic heterocycles. The van der Waals surface area contributed by atoms with Gasteiger partial charge < -0.3 is 5.32 Å². The van der Waals surface area contributed by atoms with Crippen LogP contribution >= 0.6 is 0 Å². The second-order valence-corrected chi connectivity index (χ2v) is 8.77. The van der Waals surface area contributed by atoms with E-state index >= 15 is 0 Å². The van der Waals surface area contributed by atoms with Crippen molar-refractivity contribution in [3.8, 4) is 0 Å². The zero-order chi connectivity index (χ0) is 17.6. The van der Waals surface area contributed by atoms with Crippen LogP contribution in [-0.2, 0) is 21.2 Å². The number of nitrogens with one attached hydrogen (secondary N) is 1. The fourth-order valence-electron chi connectivity index (χ4n) is 3.04. The van der Waals surface area contributed by atoms with E-state index in [4.69, 9.17) is 0 Å². The van der Waals surface area contributed by atoms with Crippen LogP contribution in [0, 0.1) is 5.92 Å². The van der Waals surface area contributed by atoms with E-state index in [1.807, 2.05) is 25.1 Å². The molecule has 6 heteroatoms. The molecule has 134 valence electrons. The van der Waals surface area contributed by atoms with Crippen molar-refractivity contribution in [2.24, 2.45) is 5.92 Å². The van der Waals surface area contributed by atoms with Crippen molar-refractivity contribution in [1.82, 2.24) is 9.62 Å². The van der Waals surface area contributed by atoms with E-state index in [1.54, 1.807) is 6.92 Å². The summed E-state index contributed by atoms with van der Waals surface area (Å²) in [5, 5.41) is 3.08. The van der Waals surface area contributed by atoms with E-state index in [9.17, 15) is 13.2 Å². The lowest BCUT2D eigenvalue weighted by Crippen LogP contribution is -2.45. The maximum absolute atomic E-state index is 12.4. The molecule has 5 nitrogen and oxygen atoms in total. The van der Waals surface area contributed by atoms with E-state index in [1.165, 1.54) is 9.87 Å². The average molecular weight is 353 g/mol. The minimum atomic E-state index is -3.13. The highest BCUT2D eigenvalue weighted by Crippen LogP contribution is 2.20. The van der Waals surface area contributed by atoms with Gasteiger partial charge in [0.25, 0.3) is 0 Å². The van der Waals surface area contributed by atoms with Gasteiger partial charge in [-0.15, -0.1) is 0 Å². The Hall–Kier alpha value is -1.40. The maximum atomic E-state index is 12.4. The Kier molecular flexibility index (Phi) is 6.80. The summed E-state index contributed by atoms with van der Waals surface area (Å²) in [6.45, 7) is 4.58. The number of benzene rings is 1. The second kappa shape index (κ2) is 8.62. The van der Waals surface area contributed by atoms with Crippen LogP contribution in [0.3, 0.4) is 0 Å². The molecule has 0 bridgehead atoms. The van der Waals surface area contributed by atoms with Crippen LogP contribution in [0.4, 0.5) is 0 Å². The van der Waals surface area contributed by atoms with Crippen molar-refractivity contribution >= 4 is 15.9 Å². The van der Waals surface area contributed by atoms with Gasteiger partial charge >= 0.3 is 0 Å². The molecule has 0 aliphatic carbocycles. The number of hydrogen-bond acceptors (Lipinski definition) is 3. The first-order chi connectivity index (χ1) is 11.4. The maximum Gasteiger partial charge on any atom is 0.223 e. The third-order valence-corrected chi connectivity index (χ3v) is 6.56. The molecule has 1 atom stereocenters. The molecule has 1 aliphatic heterocycles. The Morgan fingerprint density at radius 2 is 1.88 bits per heavy atom. The first kappa shape index (κ1) is 18.9. The Labute approximate surface area is 145 Å². The van der Waals surface area contributed by atoms with Gasteiger partial charge in [-0.05, 0) is 45.1 Å². The monoisotopic (exact) mass is 352 g/mol. The van der Waals surface area contributed by atoms with Crippen LogP contribution in [0.5, 0.6) is 0 Å². The number of aryl methyl sites for hydroxylation is 1. The average Bonchev–Trinajstić information content (AvgIpc) is 2.61. The predicted octanol–water partition coefficient (Wildman–Crippen LogP) is 2.19. The lowest BCUT2D eigenvalue weighted by atomic mass is 9.96. The van der Waals surface area contributed by atoms with Gasteiger partial charge in [-0.25, -0.2) is 12.7 Å². The number of sulfonamides is 1. The number of rotatable bonds is 7. The third kappa shape index (κ3) is 5.31. The van der Waals surface area contributed by atoms with Crippen LogP contribution in [-0.4, -0.2) is 43.5 Å². The highest BCUT2D eigenvalue weighted by molar-refractivity contribution is 7.89. The Balaban J connectivity index is 1.75.